The smallest absolute Gasteiger partial charge is 0.136 e. The SMILES string of the molecule is COc1ccc(CNCC(C)(O)c2cccs2)cc1C#N. The van der Waals surface area contributed by atoms with Gasteiger partial charge in [0.05, 0.1) is 12.7 Å². The number of benzene rings is 1. The molecule has 5 heteroatoms. The van der Waals surface area contributed by atoms with Crippen molar-refractivity contribution in [3.05, 3.63) is 51.7 Å². The monoisotopic (exact) mass is 302 g/mol. The number of aliphatic hydroxyl groups is 1. The molecule has 1 unspecified atom stereocenters. The Morgan fingerprint density at radius 2 is 2.24 bits per heavy atom. The zero-order valence-corrected chi connectivity index (χ0v) is 12.9. The van der Waals surface area contributed by atoms with Crippen molar-refractivity contribution in [2.45, 2.75) is 19.1 Å². The molecule has 0 radical (unpaired) electrons. The number of nitriles is 1. The minimum Gasteiger partial charge on any atom is -0.495 e. The average molecular weight is 302 g/mol. The molecular formula is C16H18N2O2S. The predicted molar refractivity (Wildman–Crippen MR) is 83.3 cm³/mol. The normalized spacial score (nSPS) is 13.4. The van der Waals surface area contributed by atoms with Crippen molar-refractivity contribution in [2.24, 2.45) is 0 Å². The van der Waals surface area contributed by atoms with Crippen LogP contribution in [0.1, 0.15) is 22.9 Å². The molecule has 1 heterocycles. The number of ether oxygens (including phenoxy) is 1. The fraction of sp³-hybridized carbons (Fsp3) is 0.312. The lowest BCUT2D eigenvalue weighted by atomic mass is 10.0. The molecule has 0 aliphatic heterocycles. The molecule has 0 saturated heterocycles. The van der Waals surface area contributed by atoms with Crippen LogP contribution in [-0.2, 0) is 12.1 Å². The first-order valence-electron chi connectivity index (χ1n) is 6.61. The summed E-state index contributed by atoms with van der Waals surface area (Å²) in [6, 6.07) is 11.5. The van der Waals surface area contributed by atoms with E-state index in [2.05, 4.69) is 11.4 Å². The van der Waals surface area contributed by atoms with Crippen molar-refractivity contribution in [2.75, 3.05) is 13.7 Å². The van der Waals surface area contributed by atoms with Gasteiger partial charge in [-0.15, -0.1) is 11.3 Å². The number of nitrogens with zero attached hydrogens (tertiary/aromatic N) is 1. The Bertz CT molecular complexity index is 630. The summed E-state index contributed by atoms with van der Waals surface area (Å²) < 4.78 is 5.12. The second-order valence-corrected chi connectivity index (χ2v) is 5.95. The standard InChI is InChI=1S/C16H18N2O2S/c1-16(19,15-4-3-7-21-15)11-18-10-12-5-6-14(20-2)13(8-12)9-17/h3-8,18-19H,10-11H2,1-2H3. The van der Waals surface area contributed by atoms with Gasteiger partial charge in [-0.05, 0) is 36.1 Å². The van der Waals surface area contributed by atoms with Crippen LogP contribution in [0, 0.1) is 11.3 Å². The van der Waals surface area contributed by atoms with E-state index in [0.717, 1.165) is 10.4 Å². The number of hydrogen-bond donors (Lipinski definition) is 2. The Morgan fingerprint density at radius 3 is 2.86 bits per heavy atom. The summed E-state index contributed by atoms with van der Waals surface area (Å²) >= 11 is 1.54. The molecule has 1 aromatic heterocycles. The van der Waals surface area contributed by atoms with Gasteiger partial charge in [0.2, 0.25) is 0 Å². The first-order valence-corrected chi connectivity index (χ1v) is 7.49. The van der Waals surface area contributed by atoms with Crippen LogP contribution in [-0.4, -0.2) is 18.8 Å². The Hall–Kier alpha value is -1.87. The van der Waals surface area contributed by atoms with Crippen molar-refractivity contribution in [1.82, 2.24) is 5.32 Å². The highest BCUT2D eigenvalue weighted by Crippen LogP contribution is 2.24. The third kappa shape index (κ3) is 3.82. The molecule has 0 aliphatic carbocycles. The van der Waals surface area contributed by atoms with Crippen LogP contribution < -0.4 is 10.1 Å². The first-order chi connectivity index (χ1) is 10.1. The van der Waals surface area contributed by atoms with E-state index in [9.17, 15) is 5.11 Å². The number of methoxy groups -OCH3 is 1. The molecule has 0 spiro atoms. The van der Waals surface area contributed by atoms with Crippen LogP contribution in [0.3, 0.4) is 0 Å². The van der Waals surface area contributed by atoms with Crippen LogP contribution in [0.5, 0.6) is 5.75 Å². The number of hydrogen-bond acceptors (Lipinski definition) is 5. The molecule has 1 atom stereocenters. The Labute approximate surface area is 128 Å². The lowest BCUT2D eigenvalue weighted by Gasteiger charge is -2.22. The zero-order valence-electron chi connectivity index (χ0n) is 12.1. The summed E-state index contributed by atoms with van der Waals surface area (Å²) in [5, 5.41) is 24.7. The number of nitrogens with one attached hydrogen (secondary N) is 1. The summed E-state index contributed by atoms with van der Waals surface area (Å²) in [5.74, 6) is 0.576. The molecule has 2 aromatic rings. The summed E-state index contributed by atoms with van der Waals surface area (Å²) in [5.41, 5.74) is 0.606. The van der Waals surface area contributed by atoms with Gasteiger partial charge in [-0.25, -0.2) is 0 Å². The van der Waals surface area contributed by atoms with Gasteiger partial charge in [0.1, 0.15) is 17.4 Å². The lowest BCUT2D eigenvalue weighted by molar-refractivity contribution is 0.0604. The van der Waals surface area contributed by atoms with Gasteiger partial charge in [-0.3, -0.25) is 0 Å². The first kappa shape index (κ1) is 15.5. The molecule has 0 fully saturated rings. The molecule has 1 aromatic carbocycles. The molecule has 0 amide bonds. The maximum atomic E-state index is 10.4. The molecular weight excluding hydrogens is 284 g/mol. The second kappa shape index (κ2) is 6.72. The molecule has 21 heavy (non-hydrogen) atoms. The van der Waals surface area contributed by atoms with E-state index >= 15 is 0 Å². The van der Waals surface area contributed by atoms with Crippen LogP contribution in [0.25, 0.3) is 0 Å². The molecule has 2 rings (SSSR count). The largest absolute Gasteiger partial charge is 0.495 e. The minimum absolute atomic E-state index is 0.446. The van der Waals surface area contributed by atoms with Crippen molar-refractivity contribution in [3.8, 4) is 11.8 Å². The van der Waals surface area contributed by atoms with Gasteiger partial charge in [0.25, 0.3) is 0 Å². The molecule has 0 saturated carbocycles. The van der Waals surface area contributed by atoms with E-state index in [1.54, 1.807) is 26.2 Å². The predicted octanol–water partition coefficient (Wildman–Crippen LogP) is 2.63. The summed E-state index contributed by atoms with van der Waals surface area (Å²) in [7, 11) is 1.55. The van der Waals surface area contributed by atoms with Gasteiger partial charge in [-0.2, -0.15) is 5.26 Å². The zero-order chi connectivity index (χ0) is 15.3. The third-order valence-corrected chi connectivity index (χ3v) is 4.36. The van der Waals surface area contributed by atoms with Crippen molar-refractivity contribution >= 4 is 11.3 Å². The topological polar surface area (TPSA) is 65.3 Å². The highest BCUT2D eigenvalue weighted by molar-refractivity contribution is 7.10. The van der Waals surface area contributed by atoms with Crippen LogP contribution in [0.2, 0.25) is 0 Å². The van der Waals surface area contributed by atoms with E-state index in [1.807, 2.05) is 23.6 Å². The Kier molecular flexibility index (Phi) is 4.97. The quantitative estimate of drug-likeness (QED) is 0.861. The maximum Gasteiger partial charge on any atom is 0.136 e. The summed E-state index contributed by atoms with van der Waals surface area (Å²) in [6.07, 6.45) is 0. The lowest BCUT2D eigenvalue weighted by Crippen LogP contribution is -2.34. The van der Waals surface area contributed by atoms with Gasteiger partial charge >= 0.3 is 0 Å². The van der Waals surface area contributed by atoms with Crippen molar-refractivity contribution in [1.29, 1.82) is 5.26 Å². The Morgan fingerprint density at radius 1 is 1.43 bits per heavy atom. The number of rotatable bonds is 6. The highest BCUT2D eigenvalue weighted by Gasteiger charge is 2.23. The minimum atomic E-state index is -0.890. The Balaban J connectivity index is 1.96. The van der Waals surface area contributed by atoms with Crippen molar-refractivity contribution < 1.29 is 9.84 Å². The van der Waals surface area contributed by atoms with Crippen LogP contribution in [0.15, 0.2) is 35.7 Å². The van der Waals surface area contributed by atoms with Crippen LogP contribution in [0.4, 0.5) is 0 Å². The van der Waals surface area contributed by atoms with Gasteiger partial charge in [-0.1, -0.05) is 12.1 Å². The van der Waals surface area contributed by atoms with Gasteiger partial charge in [0, 0.05) is 18.0 Å². The molecule has 0 bridgehead atoms. The van der Waals surface area contributed by atoms with Crippen molar-refractivity contribution in [3.63, 3.8) is 0 Å². The fourth-order valence-electron chi connectivity index (χ4n) is 2.07. The molecule has 110 valence electrons. The third-order valence-electron chi connectivity index (χ3n) is 3.23. The van der Waals surface area contributed by atoms with E-state index in [4.69, 9.17) is 10.00 Å². The number of thiophene rings is 1. The summed E-state index contributed by atoms with van der Waals surface area (Å²) in [4.78, 5) is 0.933. The van der Waals surface area contributed by atoms with E-state index in [-0.39, 0.29) is 0 Å². The highest BCUT2D eigenvalue weighted by atomic mass is 32.1. The van der Waals surface area contributed by atoms with E-state index in [0.29, 0.717) is 24.4 Å². The maximum absolute atomic E-state index is 10.4. The van der Waals surface area contributed by atoms with Crippen LogP contribution >= 0.6 is 11.3 Å². The average Bonchev–Trinajstić information content (AvgIpc) is 3.02. The molecule has 2 N–H and O–H groups in total. The van der Waals surface area contributed by atoms with Gasteiger partial charge in [0.15, 0.2) is 0 Å². The van der Waals surface area contributed by atoms with E-state index < -0.39 is 5.60 Å². The van der Waals surface area contributed by atoms with E-state index in [1.165, 1.54) is 11.3 Å². The molecule has 0 aliphatic rings. The molecule has 4 nitrogen and oxygen atoms in total. The second-order valence-electron chi connectivity index (χ2n) is 5.00. The summed E-state index contributed by atoms with van der Waals surface area (Å²) in [6.45, 7) is 2.82. The van der Waals surface area contributed by atoms with Gasteiger partial charge < -0.3 is 15.2 Å². The fourth-order valence-corrected chi connectivity index (χ4v) is 2.86.